The highest BCUT2D eigenvalue weighted by Gasteiger charge is 2.27. The van der Waals surface area contributed by atoms with E-state index in [0.717, 1.165) is 16.3 Å². The second-order valence-corrected chi connectivity index (χ2v) is 7.35. The molecule has 1 aromatic carbocycles. The average Bonchev–Trinajstić information content (AvgIpc) is 3.18. The Labute approximate surface area is 142 Å². The van der Waals surface area contributed by atoms with Gasteiger partial charge >= 0.3 is 0 Å². The zero-order valence-corrected chi connectivity index (χ0v) is 14.3. The molecule has 0 saturated heterocycles. The number of nitrogens with zero attached hydrogens (tertiary/aromatic N) is 4. The summed E-state index contributed by atoms with van der Waals surface area (Å²) in [5, 5.41) is 8.97. The van der Waals surface area contributed by atoms with Crippen LogP contribution in [0.4, 0.5) is 4.39 Å². The molecule has 0 N–H and O–H groups in total. The van der Waals surface area contributed by atoms with Gasteiger partial charge in [-0.15, -0.1) is 21.5 Å². The summed E-state index contributed by atoms with van der Waals surface area (Å²) in [5.41, 5.74) is 0. The van der Waals surface area contributed by atoms with Crippen molar-refractivity contribution < 1.29 is 9.18 Å². The number of carbonyl (C=O) groups excluding carboxylic acids is 1. The summed E-state index contributed by atoms with van der Waals surface area (Å²) in [5.74, 6) is 1.71. The third-order valence-corrected chi connectivity index (χ3v) is 5.39. The van der Waals surface area contributed by atoms with E-state index in [1.807, 2.05) is 6.07 Å². The minimum absolute atomic E-state index is 0.0732. The van der Waals surface area contributed by atoms with Crippen LogP contribution >= 0.6 is 11.3 Å². The predicted molar refractivity (Wildman–Crippen MR) is 90.6 cm³/mol. The van der Waals surface area contributed by atoms with Gasteiger partial charge in [0, 0.05) is 29.1 Å². The molecule has 2 aromatic heterocycles. The molecular weight excluding hydrogens is 327 g/mol. The molecule has 3 aromatic rings. The number of carbonyl (C=O) groups is 1. The van der Waals surface area contributed by atoms with Gasteiger partial charge in [0.05, 0.1) is 11.4 Å². The molecule has 0 bridgehead atoms. The lowest BCUT2D eigenvalue weighted by Crippen LogP contribution is -2.38. The van der Waals surface area contributed by atoms with Crippen molar-refractivity contribution in [2.24, 2.45) is 0 Å². The van der Waals surface area contributed by atoms with Gasteiger partial charge in [-0.2, -0.15) is 0 Å². The van der Waals surface area contributed by atoms with E-state index in [1.165, 1.54) is 17.4 Å². The van der Waals surface area contributed by atoms with Crippen molar-refractivity contribution in [1.29, 1.82) is 0 Å². The first kappa shape index (κ1) is 15.3. The maximum atomic E-state index is 13.8. The second kappa shape index (κ2) is 5.66. The Bertz CT molecular complexity index is 930. The summed E-state index contributed by atoms with van der Waals surface area (Å²) >= 11 is 1.33. The number of aromatic nitrogens is 3. The number of halogens is 1. The number of hydrogen-bond donors (Lipinski definition) is 0. The first-order chi connectivity index (χ1) is 11.5. The lowest BCUT2D eigenvalue weighted by atomic mass is 10.2. The average molecular weight is 344 g/mol. The van der Waals surface area contributed by atoms with Gasteiger partial charge in [-0.3, -0.25) is 4.79 Å². The van der Waals surface area contributed by atoms with Crippen LogP contribution in [0.5, 0.6) is 0 Å². The van der Waals surface area contributed by atoms with Crippen molar-refractivity contribution in [3.63, 3.8) is 0 Å². The number of amides is 1. The van der Waals surface area contributed by atoms with Crippen molar-refractivity contribution in [2.45, 2.75) is 32.9 Å². The normalized spacial score (nSPS) is 14.4. The van der Waals surface area contributed by atoms with Gasteiger partial charge in [0.25, 0.3) is 5.91 Å². The van der Waals surface area contributed by atoms with E-state index >= 15 is 0 Å². The molecule has 0 radical (unpaired) electrons. The van der Waals surface area contributed by atoms with Crippen LogP contribution in [0.15, 0.2) is 24.3 Å². The molecule has 1 aliphatic heterocycles. The summed E-state index contributed by atoms with van der Waals surface area (Å²) in [6.07, 6.45) is 0. The van der Waals surface area contributed by atoms with Crippen LogP contribution in [0.2, 0.25) is 0 Å². The van der Waals surface area contributed by atoms with Crippen molar-refractivity contribution in [3.05, 3.63) is 46.6 Å². The first-order valence-corrected chi connectivity index (χ1v) is 8.75. The van der Waals surface area contributed by atoms with E-state index < -0.39 is 0 Å². The maximum absolute atomic E-state index is 13.8. The van der Waals surface area contributed by atoms with Crippen LogP contribution in [-0.4, -0.2) is 32.1 Å². The zero-order chi connectivity index (χ0) is 16.8. The van der Waals surface area contributed by atoms with Crippen molar-refractivity contribution in [2.75, 3.05) is 6.54 Å². The Morgan fingerprint density at radius 3 is 2.88 bits per heavy atom. The molecule has 1 amide bonds. The Morgan fingerprint density at radius 2 is 2.12 bits per heavy atom. The van der Waals surface area contributed by atoms with E-state index in [0.29, 0.717) is 35.8 Å². The minimum Gasteiger partial charge on any atom is -0.329 e. The molecule has 7 heteroatoms. The molecule has 3 heterocycles. The molecular formula is C17H17FN4OS. The minimum atomic E-state index is -0.289. The summed E-state index contributed by atoms with van der Waals surface area (Å²) in [6, 6.07) is 6.57. The summed E-state index contributed by atoms with van der Waals surface area (Å²) in [7, 11) is 0. The number of rotatable bonds is 2. The zero-order valence-electron chi connectivity index (χ0n) is 13.5. The Balaban J connectivity index is 1.61. The topological polar surface area (TPSA) is 51.0 Å². The lowest BCUT2D eigenvalue weighted by molar-refractivity contribution is 0.0711. The van der Waals surface area contributed by atoms with Gasteiger partial charge in [-0.25, -0.2) is 4.39 Å². The molecule has 5 nitrogen and oxygen atoms in total. The highest BCUT2D eigenvalue weighted by Crippen LogP contribution is 2.29. The Hall–Kier alpha value is -2.28. The van der Waals surface area contributed by atoms with Crippen LogP contribution < -0.4 is 0 Å². The third-order valence-electron chi connectivity index (χ3n) is 4.30. The first-order valence-electron chi connectivity index (χ1n) is 7.94. The molecule has 0 fully saturated rings. The fourth-order valence-electron chi connectivity index (χ4n) is 3.07. The van der Waals surface area contributed by atoms with E-state index in [-0.39, 0.29) is 11.7 Å². The predicted octanol–water partition coefficient (Wildman–Crippen LogP) is 3.41. The quantitative estimate of drug-likeness (QED) is 0.716. The Morgan fingerprint density at radius 1 is 1.29 bits per heavy atom. The number of hydrogen-bond acceptors (Lipinski definition) is 4. The summed E-state index contributed by atoms with van der Waals surface area (Å²) < 4.78 is 16.7. The SMILES string of the molecule is CC(C)c1nnc2n1CCN(C(=O)c1cc3c(F)cccc3s1)C2. The maximum Gasteiger partial charge on any atom is 0.264 e. The molecule has 0 spiro atoms. The highest BCUT2D eigenvalue weighted by molar-refractivity contribution is 7.20. The molecule has 0 unspecified atom stereocenters. The van der Waals surface area contributed by atoms with Gasteiger partial charge in [-0.1, -0.05) is 19.9 Å². The largest absolute Gasteiger partial charge is 0.329 e. The molecule has 1 aliphatic rings. The smallest absolute Gasteiger partial charge is 0.264 e. The summed E-state index contributed by atoms with van der Waals surface area (Å²) in [6.45, 7) is 5.91. The number of benzene rings is 1. The van der Waals surface area contributed by atoms with Crippen LogP contribution in [0.1, 0.15) is 41.1 Å². The van der Waals surface area contributed by atoms with E-state index in [9.17, 15) is 9.18 Å². The monoisotopic (exact) mass is 344 g/mol. The van der Waals surface area contributed by atoms with Crippen LogP contribution in [0.25, 0.3) is 10.1 Å². The van der Waals surface area contributed by atoms with Crippen molar-refractivity contribution in [3.8, 4) is 0 Å². The molecule has 0 atom stereocenters. The lowest BCUT2D eigenvalue weighted by Gasteiger charge is -2.27. The van der Waals surface area contributed by atoms with Crippen molar-refractivity contribution in [1.82, 2.24) is 19.7 Å². The van der Waals surface area contributed by atoms with E-state index in [4.69, 9.17) is 0 Å². The van der Waals surface area contributed by atoms with Crippen molar-refractivity contribution >= 4 is 27.3 Å². The van der Waals surface area contributed by atoms with Crippen LogP contribution in [0.3, 0.4) is 0 Å². The highest BCUT2D eigenvalue weighted by atomic mass is 32.1. The van der Waals surface area contributed by atoms with E-state index in [1.54, 1.807) is 17.0 Å². The molecule has 4 rings (SSSR count). The van der Waals surface area contributed by atoms with E-state index in [2.05, 4.69) is 28.6 Å². The van der Waals surface area contributed by atoms with Gasteiger partial charge < -0.3 is 9.47 Å². The fourth-order valence-corrected chi connectivity index (χ4v) is 4.11. The van der Waals surface area contributed by atoms with Gasteiger partial charge in [-0.05, 0) is 18.2 Å². The third kappa shape index (κ3) is 2.39. The Kier molecular flexibility index (Phi) is 3.60. The van der Waals surface area contributed by atoms with Crippen LogP contribution in [0, 0.1) is 5.82 Å². The van der Waals surface area contributed by atoms with Gasteiger partial charge in [0.1, 0.15) is 11.6 Å². The standard InChI is InChI=1S/C17H17FN4OS/c1-10(2)16-20-19-15-9-21(6-7-22(15)16)17(23)14-8-11-12(18)4-3-5-13(11)24-14/h3-5,8,10H,6-7,9H2,1-2H3. The van der Waals surface area contributed by atoms with Crippen LogP contribution in [-0.2, 0) is 13.1 Å². The number of thiophene rings is 1. The molecule has 124 valence electrons. The molecule has 24 heavy (non-hydrogen) atoms. The van der Waals surface area contributed by atoms with Gasteiger partial charge in [0.15, 0.2) is 5.82 Å². The summed E-state index contributed by atoms with van der Waals surface area (Å²) in [4.78, 5) is 15.1. The van der Waals surface area contributed by atoms with Gasteiger partial charge in [0.2, 0.25) is 0 Å². The fraction of sp³-hybridized carbons (Fsp3) is 0.353. The molecule has 0 aliphatic carbocycles. The molecule has 0 saturated carbocycles. The number of fused-ring (bicyclic) bond motifs is 2. The second-order valence-electron chi connectivity index (χ2n) is 6.27.